The van der Waals surface area contributed by atoms with Gasteiger partial charge in [0.2, 0.25) is 5.91 Å². The summed E-state index contributed by atoms with van der Waals surface area (Å²) in [6, 6.07) is 0. The van der Waals surface area contributed by atoms with Gasteiger partial charge in [0.25, 0.3) is 0 Å². The van der Waals surface area contributed by atoms with E-state index in [0.717, 1.165) is 12.5 Å². The quantitative estimate of drug-likeness (QED) is 0.255. The van der Waals surface area contributed by atoms with Crippen LogP contribution in [0.15, 0.2) is 4.99 Å². The van der Waals surface area contributed by atoms with Crippen LogP contribution in [0.25, 0.3) is 0 Å². The highest BCUT2D eigenvalue weighted by atomic mass is 127. The van der Waals surface area contributed by atoms with Crippen LogP contribution in [0.3, 0.4) is 0 Å². The number of aliphatic imine (C=N–C) groups is 1. The molecule has 0 aromatic heterocycles. The summed E-state index contributed by atoms with van der Waals surface area (Å²) in [5, 5.41) is 9.45. The van der Waals surface area contributed by atoms with Gasteiger partial charge in [0.1, 0.15) is 0 Å². The Balaban J connectivity index is 0.00000441. The number of carbonyl (C=O) groups is 1. The maximum Gasteiger partial charge on any atom is 0.220 e. The number of nitrogens with zero attached hydrogens (tertiary/aromatic N) is 1. The van der Waals surface area contributed by atoms with E-state index in [0.29, 0.717) is 31.3 Å². The highest BCUT2D eigenvalue weighted by Crippen LogP contribution is 2.25. The molecule has 1 amide bonds. The lowest BCUT2D eigenvalue weighted by Gasteiger charge is -2.21. The van der Waals surface area contributed by atoms with Crippen molar-refractivity contribution >= 4 is 35.8 Å². The highest BCUT2D eigenvalue weighted by molar-refractivity contribution is 14.0. The Morgan fingerprint density at radius 2 is 1.73 bits per heavy atom. The molecule has 0 atom stereocenters. The van der Waals surface area contributed by atoms with Crippen molar-refractivity contribution in [1.29, 1.82) is 0 Å². The Morgan fingerprint density at radius 3 is 2.32 bits per heavy atom. The van der Waals surface area contributed by atoms with E-state index in [-0.39, 0.29) is 29.9 Å². The number of hydrogen-bond donors (Lipinski definition) is 3. The lowest BCUT2D eigenvalue weighted by Crippen LogP contribution is -2.42. The molecule has 22 heavy (non-hydrogen) atoms. The molecule has 0 heterocycles. The number of nitrogens with one attached hydrogen (secondary N) is 3. The Bertz CT molecular complexity index is 328. The molecule has 0 aliphatic heterocycles. The number of amides is 1. The largest absolute Gasteiger partial charge is 0.356 e. The van der Waals surface area contributed by atoms with Crippen molar-refractivity contribution in [2.45, 2.75) is 52.4 Å². The highest BCUT2D eigenvalue weighted by Gasteiger charge is 2.16. The van der Waals surface area contributed by atoms with Crippen molar-refractivity contribution in [3.05, 3.63) is 0 Å². The zero-order valence-electron chi connectivity index (χ0n) is 14.3. The molecule has 0 aromatic carbocycles. The summed E-state index contributed by atoms with van der Waals surface area (Å²) in [6.07, 6.45) is 7.05. The molecule has 1 aliphatic carbocycles. The Hall–Kier alpha value is -0.530. The molecule has 0 spiro atoms. The first-order chi connectivity index (χ1) is 10.1. The Morgan fingerprint density at radius 1 is 1.09 bits per heavy atom. The van der Waals surface area contributed by atoms with Gasteiger partial charge < -0.3 is 16.0 Å². The van der Waals surface area contributed by atoms with Crippen LogP contribution >= 0.6 is 24.0 Å². The monoisotopic (exact) mass is 424 g/mol. The minimum absolute atomic E-state index is 0. The summed E-state index contributed by atoms with van der Waals surface area (Å²) >= 11 is 0. The molecule has 130 valence electrons. The van der Waals surface area contributed by atoms with E-state index < -0.39 is 0 Å². The first kappa shape index (κ1) is 21.5. The van der Waals surface area contributed by atoms with E-state index in [1.54, 1.807) is 7.05 Å². The third kappa shape index (κ3) is 10.2. The third-order valence-electron chi connectivity index (χ3n) is 3.84. The number of guanidine groups is 1. The average molecular weight is 424 g/mol. The van der Waals surface area contributed by atoms with Crippen molar-refractivity contribution < 1.29 is 4.79 Å². The fraction of sp³-hybridized carbons (Fsp3) is 0.875. The maximum atomic E-state index is 11.9. The zero-order valence-corrected chi connectivity index (χ0v) is 16.6. The van der Waals surface area contributed by atoms with E-state index in [2.05, 4.69) is 34.8 Å². The van der Waals surface area contributed by atoms with E-state index in [9.17, 15) is 4.79 Å². The lowest BCUT2D eigenvalue weighted by molar-refractivity contribution is -0.122. The minimum atomic E-state index is 0. The SMILES string of the molecule is CN=C(NCCNC(=O)CC1CCCCC1)NCC(C)C.I. The smallest absolute Gasteiger partial charge is 0.220 e. The molecule has 5 nitrogen and oxygen atoms in total. The molecule has 3 N–H and O–H groups in total. The standard InChI is InChI=1S/C16H32N4O.HI/c1-13(2)12-20-16(17-3)19-10-9-18-15(21)11-14-7-5-4-6-8-14;/h13-14H,4-12H2,1-3H3,(H,18,21)(H2,17,19,20);1H. The van der Waals surface area contributed by atoms with Gasteiger partial charge in [0.15, 0.2) is 5.96 Å². The molecule has 0 radical (unpaired) electrons. The summed E-state index contributed by atoms with van der Waals surface area (Å²) in [4.78, 5) is 16.0. The number of hydrogen-bond acceptors (Lipinski definition) is 2. The van der Waals surface area contributed by atoms with Gasteiger partial charge in [-0.2, -0.15) is 0 Å². The van der Waals surface area contributed by atoms with Crippen LogP contribution in [0.2, 0.25) is 0 Å². The average Bonchev–Trinajstić information content (AvgIpc) is 2.47. The molecular weight excluding hydrogens is 391 g/mol. The van der Waals surface area contributed by atoms with Crippen LogP contribution in [0.4, 0.5) is 0 Å². The number of carbonyl (C=O) groups excluding carboxylic acids is 1. The van der Waals surface area contributed by atoms with Gasteiger partial charge in [0.05, 0.1) is 0 Å². The molecule has 1 aliphatic rings. The third-order valence-corrected chi connectivity index (χ3v) is 3.84. The van der Waals surface area contributed by atoms with E-state index in [1.165, 1.54) is 32.1 Å². The Labute approximate surface area is 152 Å². The van der Waals surface area contributed by atoms with Crippen molar-refractivity contribution in [3.8, 4) is 0 Å². The summed E-state index contributed by atoms with van der Waals surface area (Å²) in [5.41, 5.74) is 0. The van der Waals surface area contributed by atoms with E-state index >= 15 is 0 Å². The molecule has 0 aromatic rings. The van der Waals surface area contributed by atoms with Gasteiger partial charge >= 0.3 is 0 Å². The van der Waals surface area contributed by atoms with Crippen molar-refractivity contribution in [2.75, 3.05) is 26.7 Å². The second-order valence-electron chi connectivity index (χ2n) is 6.33. The number of halogens is 1. The summed E-state index contributed by atoms with van der Waals surface area (Å²) in [6.45, 7) is 6.56. The lowest BCUT2D eigenvalue weighted by atomic mass is 9.87. The fourth-order valence-corrected chi connectivity index (χ4v) is 2.63. The second kappa shape index (κ2) is 13.0. The van der Waals surface area contributed by atoms with Gasteiger partial charge in [-0.1, -0.05) is 33.1 Å². The molecule has 1 rings (SSSR count). The van der Waals surface area contributed by atoms with Crippen LogP contribution in [0, 0.1) is 11.8 Å². The predicted octanol–water partition coefficient (Wildman–Crippen LogP) is 2.51. The first-order valence-corrected chi connectivity index (χ1v) is 8.33. The number of rotatable bonds is 7. The molecule has 1 saturated carbocycles. The first-order valence-electron chi connectivity index (χ1n) is 8.33. The van der Waals surface area contributed by atoms with Crippen LogP contribution in [0.5, 0.6) is 0 Å². The van der Waals surface area contributed by atoms with E-state index in [1.807, 2.05) is 0 Å². The summed E-state index contributed by atoms with van der Waals surface area (Å²) in [7, 11) is 1.76. The van der Waals surface area contributed by atoms with Crippen LogP contribution in [-0.2, 0) is 4.79 Å². The van der Waals surface area contributed by atoms with Gasteiger partial charge in [-0.15, -0.1) is 24.0 Å². The molecule has 0 unspecified atom stereocenters. The fourth-order valence-electron chi connectivity index (χ4n) is 2.63. The molecule has 0 saturated heterocycles. The van der Waals surface area contributed by atoms with Crippen LogP contribution < -0.4 is 16.0 Å². The second-order valence-corrected chi connectivity index (χ2v) is 6.33. The molecular formula is C16H33IN4O. The van der Waals surface area contributed by atoms with Gasteiger partial charge in [0, 0.05) is 33.1 Å². The van der Waals surface area contributed by atoms with Gasteiger partial charge in [-0.05, 0) is 24.7 Å². The van der Waals surface area contributed by atoms with Crippen molar-refractivity contribution in [3.63, 3.8) is 0 Å². The maximum absolute atomic E-state index is 11.9. The normalized spacial score (nSPS) is 16.1. The van der Waals surface area contributed by atoms with E-state index in [4.69, 9.17) is 0 Å². The summed E-state index contributed by atoms with van der Waals surface area (Å²) in [5.74, 6) is 2.17. The zero-order chi connectivity index (χ0) is 15.5. The molecule has 6 heteroatoms. The minimum Gasteiger partial charge on any atom is -0.356 e. The predicted molar refractivity (Wildman–Crippen MR) is 104 cm³/mol. The van der Waals surface area contributed by atoms with Crippen LogP contribution in [0.1, 0.15) is 52.4 Å². The van der Waals surface area contributed by atoms with Crippen molar-refractivity contribution in [2.24, 2.45) is 16.8 Å². The molecule has 0 bridgehead atoms. The summed E-state index contributed by atoms with van der Waals surface area (Å²) < 4.78 is 0. The molecule has 1 fully saturated rings. The van der Waals surface area contributed by atoms with Gasteiger partial charge in [-0.25, -0.2) is 0 Å². The van der Waals surface area contributed by atoms with Gasteiger partial charge in [-0.3, -0.25) is 9.79 Å². The van der Waals surface area contributed by atoms with Crippen LogP contribution in [-0.4, -0.2) is 38.5 Å². The van der Waals surface area contributed by atoms with Crippen molar-refractivity contribution in [1.82, 2.24) is 16.0 Å². The topological polar surface area (TPSA) is 65.5 Å². The Kier molecular flexibility index (Phi) is 12.6.